The lowest BCUT2D eigenvalue weighted by molar-refractivity contribution is -0.396. The summed E-state index contributed by atoms with van der Waals surface area (Å²) in [7, 11) is 1.92. The minimum atomic E-state index is 1.11. The molecule has 0 heterocycles. The number of rotatable bonds is 1. The molecule has 0 aliphatic heterocycles. The number of hydrogen-bond acceptors (Lipinski definition) is 0. The van der Waals surface area contributed by atoms with Crippen LogP contribution in [0.15, 0.2) is 36.9 Å². The molecule has 0 spiro atoms. The smallest absolute Gasteiger partial charge is 0.153 e. The van der Waals surface area contributed by atoms with Crippen molar-refractivity contribution in [1.29, 1.82) is 0 Å². The molecule has 0 saturated carbocycles. The molecule has 0 aliphatic carbocycles. The molecular formula is C9H10N+. The maximum absolute atomic E-state index is 3.54. The van der Waals surface area contributed by atoms with Gasteiger partial charge < -0.3 is 0 Å². The van der Waals surface area contributed by atoms with E-state index in [0.717, 1.165) is 5.69 Å². The third kappa shape index (κ3) is 1.34. The molecule has 1 heteroatoms. The zero-order chi connectivity index (χ0) is 7.40. The molecule has 0 aromatic heterocycles. The highest BCUT2D eigenvalue weighted by molar-refractivity contribution is 5.44. The highest BCUT2D eigenvalue weighted by Crippen LogP contribution is 2.05. The van der Waals surface area contributed by atoms with E-state index in [1.807, 2.05) is 42.0 Å². The Morgan fingerprint density at radius 1 is 1.30 bits per heavy atom. The van der Waals surface area contributed by atoms with Gasteiger partial charge in [-0.25, -0.2) is 0 Å². The van der Waals surface area contributed by atoms with E-state index in [0.29, 0.717) is 0 Å². The van der Waals surface area contributed by atoms with Crippen LogP contribution in [-0.2, 0) is 0 Å². The lowest BCUT2D eigenvalue weighted by Gasteiger charge is -1.88. The van der Waals surface area contributed by atoms with Crippen LogP contribution in [0, 0.1) is 0 Å². The zero-order valence-corrected chi connectivity index (χ0v) is 6.04. The molecule has 0 aliphatic rings. The molecule has 0 N–H and O–H groups in total. The molecular weight excluding hydrogens is 122 g/mol. The summed E-state index contributed by atoms with van der Waals surface area (Å²) in [6.07, 6.45) is 0. The van der Waals surface area contributed by atoms with Crippen molar-refractivity contribution in [3.8, 4) is 0 Å². The Kier molecular flexibility index (Phi) is 2.03. The van der Waals surface area contributed by atoms with E-state index < -0.39 is 0 Å². The van der Waals surface area contributed by atoms with Crippen LogP contribution in [0.2, 0.25) is 0 Å². The maximum Gasteiger partial charge on any atom is 0.214 e. The third-order valence-corrected chi connectivity index (χ3v) is 1.38. The van der Waals surface area contributed by atoms with Crippen molar-refractivity contribution in [2.45, 2.75) is 0 Å². The first-order chi connectivity index (χ1) is 4.84. The minimum Gasteiger partial charge on any atom is -0.153 e. The highest BCUT2D eigenvalue weighted by atomic mass is 14.9. The van der Waals surface area contributed by atoms with Gasteiger partial charge in [0.25, 0.3) is 0 Å². The summed E-state index contributed by atoms with van der Waals surface area (Å²) >= 11 is 0. The van der Waals surface area contributed by atoms with Gasteiger partial charge in [0.2, 0.25) is 5.69 Å². The highest BCUT2D eigenvalue weighted by Gasteiger charge is 1.96. The Morgan fingerprint density at radius 2 is 1.90 bits per heavy atom. The van der Waals surface area contributed by atoms with Crippen molar-refractivity contribution in [3.05, 3.63) is 36.9 Å². The van der Waals surface area contributed by atoms with Gasteiger partial charge in [0.15, 0.2) is 5.87 Å². The van der Waals surface area contributed by atoms with Crippen molar-refractivity contribution in [2.75, 3.05) is 7.05 Å². The van der Waals surface area contributed by atoms with Crippen LogP contribution in [0.25, 0.3) is 0 Å². The second kappa shape index (κ2) is 3.00. The molecule has 0 radical (unpaired) electrons. The molecule has 0 atom stereocenters. The van der Waals surface area contributed by atoms with E-state index in [4.69, 9.17) is 0 Å². The molecule has 1 nitrogen and oxygen atoms in total. The molecule has 10 heavy (non-hydrogen) atoms. The zero-order valence-electron chi connectivity index (χ0n) is 6.04. The summed E-state index contributed by atoms with van der Waals surface area (Å²) in [5.74, 6) is 2.76. The quantitative estimate of drug-likeness (QED) is 0.405. The van der Waals surface area contributed by atoms with Gasteiger partial charge in [0.1, 0.15) is 7.05 Å². The largest absolute Gasteiger partial charge is 0.214 e. The third-order valence-electron chi connectivity index (χ3n) is 1.38. The van der Waals surface area contributed by atoms with Crippen LogP contribution >= 0.6 is 0 Å². The average Bonchev–Trinajstić information content (AvgIpc) is 2.05. The summed E-state index contributed by atoms with van der Waals surface area (Å²) < 4.78 is 1.85. The van der Waals surface area contributed by atoms with Crippen molar-refractivity contribution >= 4 is 11.6 Å². The van der Waals surface area contributed by atoms with E-state index in [1.54, 1.807) is 0 Å². The first kappa shape index (κ1) is 6.79. The molecule has 1 aromatic carbocycles. The predicted octanol–water partition coefficient (Wildman–Crippen LogP) is 1.82. The van der Waals surface area contributed by atoms with Crippen molar-refractivity contribution < 1.29 is 4.58 Å². The topological polar surface area (TPSA) is 3.01 Å². The van der Waals surface area contributed by atoms with Gasteiger partial charge in [-0.3, -0.25) is 0 Å². The van der Waals surface area contributed by atoms with Gasteiger partial charge in [-0.2, -0.15) is 4.58 Å². The van der Waals surface area contributed by atoms with Crippen LogP contribution in [0.5, 0.6) is 0 Å². The van der Waals surface area contributed by atoms with Crippen LogP contribution < -0.4 is 0 Å². The Balaban J connectivity index is 3.08. The first-order valence-corrected chi connectivity index (χ1v) is 3.16. The SMILES string of the molecule is C=C=[N+](C)c1ccccc1. The maximum atomic E-state index is 3.54. The summed E-state index contributed by atoms with van der Waals surface area (Å²) in [4.78, 5) is 0. The van der Waals surface area contributed by atoms with Gasteiger partial charge in [-0.05, 0) is 0 Å². The normalized spacial score (nSPS) is 8.50. The van der Waals surface area contributed by atoms with Crippen LogP contribution in [0.1, 0.15) is 0 Å². The van der Waals surface area contributed by atoms with Crippen LogP contribution in [0.3, 0.4) is 0 Å². The Morgan fingerprint density at radius 3 is 2.40 bits per heavy atom. The Bertz CT molecular complexity index is 255. The Labute approximate surface area is 60.9 Å². The summed E-state index contributed by atoms with van der Waals surface area (Å²) in [5.41, 5.74) is 1.11. The fourth-order valence-electron chi connectivity index (χ4n) is 0.743. The second-order valence-corrected chi connectivity index (χ2v) is 2.05. The van der Waals surface area contributed by atoms with Gasteiger partial charge in [-0.1, -0.05) is 18.2 Å². The summed E-state index contributed by atoms with van der Waals surface area (Å²) in [6.45, 7) is 3.54. The van der Waals surface area contributed by atoms with Gasteiger partial charge in [-0.15, -0.1) is 0 Å². The van der Waals surface area contributed by atoms with Crippen LogP contribution in [0.4, 0.5) is 5.69 Å². The lowest BCUT2D eigenvalue weighted by Crippen LogP contribution is -1.92. The minimum absolute atomic E-state index is 1.11. The lowest BCUT2D eigenvalue weighted by atomic mass is 10.3. The monoisotopic (exact) mass is 132 g/mol. The molecule has 50 valence electrons. The van der Waals surface area contributed by atoms with E-state index in [9.17, 15) is 0 Å². The molecule has 0 unspecified atom stereocenters. The molecule has 0 saturated heterocycles. The van der Waals surface area contributed by atoms with Crippen molar-refractivity contribution in [3.63, 3.8) is 0 Å². The van der Waals surface area contributed by atoms with E-state index in [1.165, 1.54) is 0 Å². The number of nitrogens with zero attached hydrogens (tertiary/aromatic N) is 1. The number of para-hydroxylation sites is 1. The predicted molar refractivity (Wildman–Crippen MR) is 42.9 cm³/mol. The van der Waals surface area contributed by atoms with E-state index >= 15 is 0 Å². The van der Waals surface area contributed by atoms with E-state index in [-0.39, 0.29) is 0 Å². The standard InChI is InChI=1S/C9H10N/c1-3-10(2)9-7-5-4-6-8-9/h4-8H,1H2,2H3/q+1. The van der Waals surface area contributed by atoms with Crippen molar-refractivity contribution in [2.24, 2.45) is 0 Å². The fourth-order valence-corrected chi connectivity index (χ4v) is 0.743. The van der Waals surface area contributed by atoms with Crippen molar-refractivity contribution in [1.82, 2.24) is 0 Å². The molecule has 1 aromatic rings. The summed E-state index contributed by atoms with van der Waals surface area (Å²) in [6, 6.07) is 9.99. The number of hydrogen-bond donors (Lipinski definition) is 0. The Hall–Kier alpha value is -1.33. The molecule has 1 rings (SSSR count). The van der Waals surface area contributed by atoms with Gasteiger partial charge in [0, 0.05) is 18.7 Å². The fraction of sp³-hybridized carbons (Fsp3) is 0.111. The molecule has 0 bridgehead atoms. The van der Waals surface area contributed by atoms with Gasteiger partial charge in [0.05, 0.1) is 0 Å². The number of benzene rings is 1. The summed E-state index contributed by atoms with van der Waals surface area (Å²) in [5, 5.41) is 0. The molecule has 0 fully saturated rings. The average molecular weight is 132 g/mol. The van der Waals surface area contributed by atoms with Gasteiger partial charge >= 0.3 is 0 Å². The second-order valence-electron chi connectivity index (χ2n) is 2.05. The van der Waals surface area contributed by atoms with E-state index in [2.05, 4.69) is 12.4 Å². The van der Waals surface area contributed by atoms with Crippen LogP contribution in [-0.4, -0.2) is 17.5 Å². The molecule has 0 amide bonds. The first-order valence-electron chi connectivity index (χ1n) is 3.16.